The number of hydrogen-bond donors (Lipinski definition) is 1. The van der Waals surface area contributed by atoms with E-state index in [4.69, 9.17) is 19.3 Å². The van der Waals surface area contributed by atoms with Crippen LogP contribution >= 0.6 is 11.8 Å². The van der Waals surface area contributed by atoms with E-state index in [2.05, 4.69) is 37.4 Å². The third-order valence-electron chi connectivity index (χ3n) is 6.74. The molecule has 194 valence electrons. The summed E-state index contributed by atoms with van der Waals surface area (Å²) in [5, 5.41) is 9.86. The zero-order chi connectivity index (χ0) is 26.3. The summed E-state index contributed by atoms with van der Waals surface area (Å²) in [6, 6.07) is 23.8. The fourth-order valence-corrected chi connectivity index (χ4v) is 5.88. The van der Waals surface area contributed by atoms with E-state index < -0.39 is 5.85 Å². The fraction of sp³-hybridized carbons (Fsp3) is 0.267. The summed E-state index contributed by atoms with van der Waals surface area (Å²) in [6.45, 7) is 4.80. The smallest absolute Gasteiger partial charge is 0.314 e. The monoisotopic (exact) mass is 527 g/mol. The lowest BCUT2D eigenvalue weighted by atomic mass is 9.95. The number of carbonyl (C=O) groups is 1. The van der Waals surface area contributed by atoms with Gasteiger partial charge in [-0.1, -0.05) is 68.4 Å². The van der Waals surface area contributed by atoms with E-state index in [9.17, 15) is 4.79 Å². The molecule has 2 atom stereocenters. The van der Waals surface area contributed by atoms with Crippen molar-refractivity contribution in [2.45, 2.75) is 32.2 Å². The number of amides is 1. The minimum absolute atomic E-state index is 0.0844. The van der Waals surface area contributed by atoms with Crippen molar-refractivity contribution in [3.63, 3.8) is 0 Å². The molecule has 7 nitrogen and oxygen atoms in total. The van der Waals surface area contributed by atoms with Crippen molar-refractivity contribution in [2.75, 3.05) is 13.7 Å². The Hall–Kier alpha value is -3.91. The zero-order valence-electron chi connectivity index (χ0n) is 21.5. The van der Waals surface area contributed by atoms with Gasteiger partial charge in [0.05, 0.1) is 30.4 Å². The number of hydrogen-bond acceptors (Lipinski definition) is 7. The second kappa shape index (κ2) is 9.76. The fourth-order valence-electron chi connectivity index (χ4n) is 4.97. The van der Waals surface area contributed by atoms with E-state index in [1.54, 1.807) is 7.11 Å². The van der Waals surface area contributed by atoms with Gasteiger partial charge < -0.3 is 14.2 Å². The Morgan fingerprint density at radius 1 is 1.13 bits per heavy atom. The highest BCUT2D eigenvalue weighted by atomic mass is 32.2. The summed E-state index contributed by atoms with van der Waals surface area (Å²) in [6.07, 6.45) is 2.66. The van der Waals surface area contributed by atoms with Gasteiger partial charge in [0.2, 0.25) is 0 Å². The minimum atomic E-state index is -1.25. The molecule has 1 N–H and O–H groups in total. The van der Waals surface area contributed by atoms with Crippen LogP contribution < -0.4 is 19.5 Å². The maximum absolute atomic E-state index is 12.9. The topological polar surface area (TPSA) is 72.4 Å². The third kappa shape index (κ3) is 4.28. The lowest BCUT2D eigenvalue weighted by molar-refractivity contribution is -0.0949. The van der Waals surface area contributed by atoms with Crippen LogP contribution in [0.15, 0.2) is 82.8 Å². The van der Waals surface area contributed by atoms with Crippen molar-refractivity contribution < 1.29 is 19.0 Å². The second-order valence-corrected chi connectivity index (χ2v) is 10.9. The lowest BCUT2D eigenvalue weighted by Crippen LogP contribution is -2.61. The molecule has 1 amide bonds. The summed E-state index contributed by atoms with van der Waals surface area (Å²) in [4.78, 5) is 13.6. The first-order valence-electron chi connectivity index (χ1n) is 12.7. The summed E-state index contributed by atoms with van der Waals surface area (Å²) in [5.74, 6) is 1.20. The first-order chi connectivity index (χ1) is 18.5. The van der Waals surface area contributed by atoms with Gasteiger partial charge in [-0.05, 0) is 53.1 Å². The van der Waals surface area contributed by atoms with Gasteiger partial charge in [-0.2, -0.15) is 5.10 Å². The summed E-state index contributed by atoms with van der Waals surface area (Å²) in [5.41, 5.74) is 3.92. The number of methoxy groups -OCH3 is 1. The van der Waals surface area contributed by atoms with E-state index in [0.717, 1.165) is 39.9 Å². The molecule has 0 saturated carbocycles. The van der Waals surface area contributed by atoms with Crippen molar-refractivity contribution in [3.8, 4) is 17.2 Å². The largest absolute Gasteiger partial charge is 0.493 e. The number of fused-ring (bicyclic) bond motifs is 4. The molecule has 3 aromatic carbocycles. The van der Waals surface area contributed by atoms with Crippen LogP contribution in [0.4, 0.5) is 4.79 Å². The maximum atomic E-state index is 12.9. The Labute approximate surface area is 226 Å². The highest BCUT2D eigenvalue weighted by molar-refractivity contribution is 8.17. The van der Waals surface area contributed by atoms with E-state index in [0.29, 0.717) is 35.3 Å². The molecule has 6 rings (SSSR count). The average molecular weight is 528 g/mol. The molecule has 0 bridgehead atoms. The summed E-state index contributed by atoms with van der Waals surface area (Å²) in [7, 11) is 1.63. The van der Waals surface area contributed by atoms with Crippen LogP contribution in [-0.4, -0.2) is 35.5 Å². The van der Waals surface area contributed by atoms with Crippen molar-refractivity contribution in [3.05, 3.63) is 94.4 Å². The van der Waals surface area contributed by atoms with Crippen LogP contribution in [0.3, 0.4) is 0 Å². The van der Waals surface area contributed by atoms with E-state index >= 15 is 0 Å². The Morgan fingerprint density at radius 2 is 1.92 bits per heavy atom. The van der Waals surface area contributed by atoms with E-state index in [1.165, 1.54) is 0 Å². The SMILES string of the molecule is COc1cc(/C=C2\SC(=O)N[C@@]23Oc2ccccc2[C@H]2CC(c4ccccc4)=NN23)ccc1OCC(C)C. The predicted molar refractivity (Wildman–Crippen MR) is 149 cm³/mol. The molecule has 3 aliphatic rings. The van der Waals surface area contributed by atoms with Gasteiger partial charge in [-0.25, -0.2) is 5.01 Å². The number of nitrogens with one attached hydrogen (secondary N) is 1. The lowest BCUT2D eigenvalue weighted by Gasteiger charge is -2.45. The molecule has 0 radical (unpaired) electrons. The molecule has 8 heteroatoms. The molecular weight excluding hydrogens is 498 g/mol. The van der Waals surface area contributed by atoms with Gasteiger partial charge >= 0.3 is 5.85 Å². The first kappa shape index (κ1) is 24.4. The zero-order valence-corrected chi connectivity index (χ0v) is 22.3. The van der Waals surface area contributed by atoms with Crippen LogP contribution in [0.25, 0.3) is 6.08 Å². The number of benzene rings is 3. The summed E-state index contributed by atoms with van der Waals surface area (Å²) >= 11 is 1.12. The molecule has 3 aromatic rings. The number of rotatable bonds is 6. The highest BCUT2D eigenvalue weighted by Gasteiger charge is 2.58. The predicted octanol–water partition coefficient (Wildman–Crippen LogP) is 6.42. The quantitative estimate of drug-likeness (QED) is 0.399. The van der Waals surface area contributed by atoms with Crippen molar-refractivity contribution >= 4 is 28.8 Å². The Kier molecular flexibility index (Phi) is 6.27. The van der Waals surface area contributed by atoms with Gasteiger partial charge in [-0.3, -0.25) is 10.1 Å². The van der Waals surface area contributed by atoms with Gasteiger partial charge in [0.1, 0.15) is 5.75 Å². The van der Waals surface area contributed by atoms with Crippen molar-refractivity contribution in [1.82, 2.24) is 10.3 Å². The highest BCUT2D eigenvalue weighted by Crippen LogP contribution is 2.52. The Morgan fingerprint density at radius 3 is 2.71 bits per heavy atom. The van der Waals surface area contributed by atoms with Gasteiger partial charge in [0, 0.05) is 12.0 Å². The number of nitrogens with zero attached hydrogens (tertiary/aromatic N) is 2. The Bertz CT molecular complexity index is 1440. The average Bonchev–Trinajstić information content (AvgIpc) is 3.51. The number of ether oxygens (including phenoxy) is 3. The van der Waals surface area contributed by atoms with Crippen LogP contribution in [0.5, 0.6) is 17.2 Å². The molecule has 38 heavy (non-hydrogen) atoms. The summed E-state index contributed by atoms with van der Waals surface area (Å²) < 4.78 is 18.2. The molecule has 1 fully saturated rings. The minimum Gasteiger partial charge on any atom is -0.493 e. The maximum Gasteiger partial charge on any atom is 0.314 e. The third-order valence-corrected chi connectivity index (χ3v) is 7.64. The van der Waals surface area contributed by atoms with Crippen molar-refractivity contribution in [1.29, 1.82) is 0 Å². The number of carbonyl (C=O) groups excluding carboxylic acids is 1. The Balaban J connectivity index is 1.43. The normalized spacial score (nSPS) is 22.7. The number of hydrazone groups is 1. The molecule has 1 saturated heterocycles. The molecule has 1 spiro atoms. The van der Waals surface area contributed by atoms with Crippen LogP contribution in [-0.2, 0) is 0 Å². The molecule has 0 aromatic heterocycles. The van der Waals surface area contributed by atoms with E-state index in [-0.39, 0.29) is 11.3 Å². The standard InChI is InChI=1S/C30H29N3O4S/c1-19(2)18-36-26-14-13-20(15-27(26)35-3)16-28-30(31-29(34)38-28)33-24(22-11-7-8-12-25(22)37-30)17-23(32-33)21-9-5-4-6-10-21/h4-16,19,24H,17-18H2,1-3H3,(H,31,34)/b28-16-/t24-,30+/m1/s1. The van der Waals surface area contributed by atoms with Crippen LogP contribution in [0, 0.1) is 5.92 Å². The molecule has 3 aliphatic heterocycles. The molecule has 3 heterocycles. The first-order valence-corrected chi connectivity index (χ1v) is 13.5. The van der Waals surface area contributed by atoms with Crippen LogP contribution in [0.2, 0.25) is 0 Å². The van der Waals surface area contributed by atoms with Crippen LogP contribution in [0.1, 0.15) is 43.0 Å². The second-order valence-electron chi connectivity index (χ2n) is 9.90. The molecule has 0 unspecified atom stereocenters. The van der Waals surface area contributed by atoms with Crippen molar-refractivity contribution in [2.24, 2.45) is 11.0 Å². The van der Waals surface area contributed by atoms with Gasteiger partial charge in [0.15, 0.2) is 11.5 Å². The van der Waals surface area contributed by atoms with Gasteiger partial charge in [0.25, 0.3) is 5.24 Å². The van der Waals surface area contributed by atoms with Gasteiger partial charge in [-0.15, -0.1) is 0 Å². The van der Waals surface area contributed by atoms with E-state index in [1.807, 2.05) is 65.7 Å². The molecule has 0 aliphatic carbocycles. The number of para-hydroxylation sites is 1. The molecular formula is C30H29N3O4S. The number of thioether (sulfide) groups is 1.